The Labute approximate surface area is 175 Å². The zero-order valence-corrected chi connectivity index (χ0v) is 16.1. The number of nitrogens with zero attached hydrogens (tertiary/aromatic N) is 1. The zero-order valence-electron chi connectivity index (χ0n) is 16.1. The van der Waals surface area contributed by atoms with Gasteiger partial charge in [-0.3, -0.25) is 9.59 Å². The minimum absolute atomic E-state index is 0.0667. The number of hydrogen-bond donors (Lipinski definition) is 2. The Balaban J connectivity index is 1.53. The fourth-order valence-corrected chi connectivity index (χ4v) is 2.90. The maximum absolute atomic E-state index is 12.1. The summed E-state index contributed by atoms with van der Waals surface area (Å²) >= 11 is 0. The van der Waals surface area contributed by atoms with Crippen LogP contribution in [-0.4, -0.2) is 34.5 Å². The van der Waals surface area contributed by atoms with Gasteiger partial charge in [0.05, 0.1) is 13.0 Å². The molecule has 0 aliphatic carbocycles. The van der Waals surface area contributed by atoms with E-state index in [1.807, 2.05) is 6.07 Å². The van der Waals surface area contributed by atoms with Crippen LogP contribution in [0.5, 0.6) is 5.75 Å². The largest absolute Gasteiger partial charge is 0.573 e. The second kappa shape index (κ2) is 9.26. The molecule has 2 aromatic carbocycles. The molecular formula is C22H17F3N2O4. The van der Waals surface area contributed by atoms with Gasteiger partial charge >= 0.3 is 12.3 Å². The van der Waals surface area contributed by atoms with Gasteiger partial charge in [-0.15, -0.1) is 13.2 Å². The third kappa shape index (κ3) is 6.54. The van der Waals surface area contributed by atoms with Crippen molar-refractivity contribution in [3.63, 3.8) is 0 Å². The predicted octanol–water partition coefficient (Wildman–Crippen LogP) is 3.33. The molecule has 0 aliphatic rings. The lowest BCUT2D eigenvalue weighted by Crippen LogP contribution is -2.25. The Morgan fingerprint density at radius 2 is 1.84 bits per heavy atom. The van der Waals surface area contributed by atoms with Crippen molar-refractivity contribution < 1.29 is 32.6 Å². The van der Waals surface area contributed by atoms with Gasteiger partial charge < -0.3 is 19.7 Å². The maximum Gasteiger partial charge on any atom is 0.573 e. The molecule has 31 heavy (non-hydrogen) atoms. The van der Waals surface area contributed by atoms with Gasteiger partial charge in [0.25, 0.3) is 0 Å². The summed E-state index contributed by atoms with van der Waals surface area (Å²) in [5.41, 5.74) is 1.93. The van der Waals surface area contributed by atoms with E-state index in [1.165, 1.54) is 12.1 Å². The molecule has 0 saturated carbocycles. The highest BCUT2D eigenvalue weighted by Crippen LogP contribution is 2.22. The molecule has 0 saturated heterocycles. The molecule has 0 atom stereocenters. The van der Waals surface area contributed by atoms with Gasteiger partial charge in [0, 0.05) is 17.3 Å². The van der Waals surface area contributed by atoms with Crippen molar-refractivity contribution in [1.29, 1.82) is 0 Å². The Bertz CT molecular complexity index is 1160. The number of aromatic nitrogens is 1. The van der Waals surface area contributed by atoms with E-state index in [4.69, 9.17) is 5.11 Å². The first-order valence-electron chi connectivity index (χ1n) is 9.10. The van der Waals surface area contributed by atoms with Gasteiger partial charge in [-0.1, -0.05) is 24.0 Å². The molecule has 1 heterocycles. The number of benzene rings is 2. The second-order valence-electron chi connectivity index (χ2n) is 6.56. The Hall–Kier alpha value is -3.93. The van der Waals surface area contributed by atoms with Crippen molar-refractivity contribution in [2.24, 2.45) is 0 Å². The predicted molar refractivity (Wildman–Crippen MR) is 106 cm³/mol. The monoisotopic (exact) mass is 430 g/mol. The molecule has 2 N–H and O–H groups in total. The maximum atomic E-state index is 12.1. The van der Waals surface area contributed by atoms with Crippen molar-refractivity contribution in [1.82, 2.24) is 9.88 Å². The summed E-state index contributed by atoms with van der Waals surface area (Å²) in [5.74, 6) is 3.91. The highest BCUT2D eigenvalue weighted by molar-refractivity contribution is 5.85. The number of fused-ring (bicyclic) bond motifs is 1. The molecule has 9 heteroatoms. The number of rotatable bonds is 6. The SMILES string of the molecule is O=C(O)Cn1ccc2ccc(CC(=O)NCC#Cc3ccc(OC(F)(F)F)cc3)cc21. The fourth-order valence-electron chi connectivity index (χ4n) is 2.90. The number of carboxylic acid groups (broad SMARTS) is 1. The van der Waals surface area contributed by atoms with Gasteiger partial charge in [0.2, 0.25) is 5.91 Å². The third-order valence-corrected chi connectivity index (χ3v) is 4.20. The summed E-state index contributed by atoms with van der Waals surface area (Å²) in [6.07, 6.45) is -2.97. The van der Waals surface area contributed by atoms with E-state index in [1.54, 1.807) is 29.0 Å². The first-order chi connectivity index (χ1) is 14.7. The van der Waals surface area contributed by atoms with Crippen LogP contribution in [0.4, 0.5) is 13.2 Å². The van der Waals surface area contributed by atoms with Gasteiger partial charge in [-0.2, -0.15) is 0 Å². The summed E-state index contributed by atoms with van der Waals surface area (Å²) in [6, 6.07) is 12.3. The minimum atomic E-state index is -4.75. The number of ether oxygens (including phenoxy) is 1. The van der Waals surface area contributed by atoms with Crippen LogP contribution in [0.1, 0.15) is 11.1 Å². The first-order valence-corrected chi connectivity index (χ1v) is 9.10. The van der Waals surface area contributed by atoms with Crippen LogP contribution < -0.4 is 10.1 Å². The first kappa shape index (κ1) is 21.8. The number of aliphatic carboxylic acids is 1. The van der Waals surface area contributed by atoms with E-state index in [9.17, 15) is 22.8 Å². The summed E-state index contributed by atoms with van der Waals surface area (Å²) in [4.78, 5) is 23.1. The van der Waals surface area contributed by atoms with Crippen LogP contribution in [0.3, 0.4) is 0 Å². The van der Waals surface area contributed by atoms with Crippen LogP contribution in [0.15, 0.2) is 54.7 Å². The van der Waals surface area contributed by atoms with Gasteiger partial charge in [0.1, 0.15) is 12.3 Å². The van der Waals surface area contributed by atoms with Crippen molar-refractivity contribution in [2.75, 3.05) is 6.54 Å². The number of amides is 1. The van der Waals surface area contributed by atoms with Crippen molar-refractivity contribution in [2.45, 2.75) is 19.3 Å². The average molecular weight is 430 g/mol. The van der Waals surface area contributed by atoms with Crippen molar-refractivity contribution in [3.8, 4) is 17.6 Å². The van der Waals surface area contributed by atoms with E-state index in [2.05, 4.69) is 21.9 Å². The standard InChI is InChI=1S/C22H17F3N2O4/c23-22(24,25)31-18-7-4-15(5-8-18)2-1-10-26-20(28)13-16-3-6-17-9-11-27(14-21(29)30)19(17)12-16/h3-9,11-12H,10,13-14H2,(H,26,28)(H,29,30). The average Bonchev–Trinajstić information content (AvgIpc) is 3.07. The smallest absolute Gasteiger partial charge is 0.480 e. The molecule has 1 aromatic heterocycles. The molecular weight excluding hydrogens is 413 g/mol. The lowest BCUT2D eigenvalue weighted by atomic mass is 10.1. The molecule has 0 unspecified atom stereocenters. The topological polar surface area (TPSA) is 80.6 Å². The quantitative estimate of drug-likeness (QED) is 0.588. The van der Waals surface area contributed by atoms with E-state index in [0.29, 0.717) is 5.56 Å². The van der Waals surface area contributed by atoms with Crippen LogP contribution in [0, 0.1) is 11.8 Å². The van der Waals surface area contributed by atoms with Crippen LogP contribution in [0.25, 0.3) is 10.9 Å². The molecule has 0 aliphatic heterocycles. The van der Waals surface area contributed by atoms with Crippen LogP contribution >= 0.6 is 0 Å². The van der Waals surface area contributed by atoms with Crippen LogP contribution in [-0.2, 0) is 22.6 Å². The second-order valence-corrected chi connectivity index (χ2v) is 6.56. The van der Waals surface area contributed by atoms with E-state index in [-0.39, 0.29) is 31.2 Å². The summed E-state index contributed by atoms with van der Waals surface area (Å²) in [5, 5.41) is 12.5. The number of carbonyl (C=O) groups is 2. The van der Waals surface area contributed by atoms with Gasteiger partial charge in [0.15, 0.2) is 0 Å². The summed E-state index contributed by atoms with van der Waals surface area (Å²) in [7, 11) is 0. The van der Waals surface area contributed by atoms with Crippen molar-refractivity contribution in [3.05, 3.63) is 65.9 Å². The van der Waals surface area contributed by atoms with E-state index < -0.39 is 12.3 Å². The Morgan fingerprint density at radius 1 is 1.10 bits per heavy atom. The molecule has 0 spiro atoms. The Kier molecular flexibility index (Phi) is 6.50. The summed E-state index contributed by atoms with van der Waals surface area (Å²) < 4.78 is 41.8. The molecule has 3 rings (SSSR count). The number of hydrogen-bond acceptors (Lipinski definition) is 3. The zero-order chi connectivity index (χ0) is 22.4. The van der Waals surface area contributed by atoms with E-state index >= 15 is 0 Å². The number of carbonyl (C=O) groups excluding carboxylic acids is 1. The molecule has 1 amide bonds. The minimum Gasteiger partial charge on any atom is -0.480 e. The number of halogens is 3. The van der Waals surface area contributed by atoms with Gasteiger partial charge in [-0.05, 0) is 47.3 Å². The third-order valence-electron chi connectivity index (χ3n) is 4.20. The molecule has 160 valence electrons. The van der Waals surface area contributed by atoms with Crippen molar-refractivity contribution >= 4 is 22.8 Å². The number of carboxylic acids is 1. The van der Waals surface area contributed by atoms with Crippen LogP contribution in [0.2, 0.25) is 0 Å². The van der Waals surface area contributed by atoms with Gasteiger partial charge in [-0.25, -0.2) is 0 Å². The normalized spacial score (nSPS) is 10.9. The van der Waals surface area contributed by atoms with E-state index in [0.717, 1.165) is 28.6 Å². The summed E-state index contributed by atoms with van der Waals surface area (Å²) in [6.45, 7) is -0.102. The Morgan fingerprint density at radius 3 is 2.52 bits per heavy atom. The number of nitrogens with one attached hydrogen (secondary N) is 1. The lowest BCUT2D eigenvalue weighted by Gasteiger charge is -2.08. The molecule has 6 nitrogen and oxygen atoms in total. The highest BCUT2D eigenvalue weighted by atomic mass is 19.4. The lowest BCUT2D eigenvalue weighted by molar-refractivity contribution is -0.274. The molecule has 0 bridgehead atoms. The highest BCUT2D eigenvalue weighted by Gasteiger charge is 2.30. The molecule has 0 fully saturated rings. The molecule has 3 aromatic rings. The molecule has 0 radical (unpaired) electrons. The fraction of sp³-hybridized carbons (Fsp3) is 0.182. The number of alkyl halides is 3.